The van der Waals surface area contributed by atoms with Gasteiger partial charge in [0.1, 0.15) is 19.0 Å². The average molecular weight is 452 g/mol. The van der Waals surface area contributed by atoms with Crippen LogP contribution in [0.3, 0.4) is 0 Å². The molecular formula is C26H27ClFN3O. The highest BCUT2D eigenvalue weighted by Crippen LogP contribution is 2.29. The number of aromatic nitrogens is 2. The van der Waals surface area contributed by atoms with Crippen LogP contribution < -0.4 is 10.1 Å². The molecule has 4 nitrogen and oxygen atoms in total. The molecule has 0 aliphatic carbocycles. The number of halogens is 2. The maximum Gasteiger partial charge on any atom is 0.208 e. The van der Waals surface area contributed by atoms with Gasteiger partial charge in [-0.05, 0) is 59.0 Å². The maximum atomic E-state index is 12.4. The molecule has 1 heterocycles. The van der Waals surface area contributed by atoms with Crippen molar-refractivity contribution in [3.8, 4) is 11.4 Å². The van der Waals surface area contributed by atoms with Crippen LogP contribution in [0.25, 0.3) is 16.7 Å². The predicted molar refractivity (Wildman–Crippen MR) is 130 cm³/mol. The molecular weight excluding hydrogens is 425 g/mol. The second-order valence-corrected chi connectivity index (χ2v) is 9.17. The molecule has 0 bridgehead atoms. The number of nitrogens with zero attached hydrogens (tertiary/aromatic N) is 2. The smallest absolute Gasteiger partial charge is 0.208 e. The molecule has 0 unspecified atom stereocenters. The molecule has 4 rings (SSSR count). The Bertz CT molecular complexity index is 1190. The summed E-state index contributed by atoms with van der Waals surface area (Å²) in [5.41, 5.74) is 5.26. The van der Waals surface area contributed by atoms with E-state index in [-0.39, 0.29) is 12.0 Å². The first kappa shape index (κ1) is 22.2. The Kier molecular flexibility index (Phi) is 6.38. The fourth-order valence-electron chi connectivity index (χ4n) is 3.58. The van der Waals surface area contributed by atoms with Crippen molar-refractivity contribution in [2.75, 3.05) is 18.6 Å². The number of hydrogen-bond acceptors (Lipinski definition) is 3. The van der Waals surface area contributed by atoms with E-state index >= 15 is 0 Å². The monoisotopic (exact) mass is 451 g/mol. The minimum Gasteiger partial charge on any atom is -0.491 e. The topological polar surface area (TPSA) is 39.1 Å². The lowest BCUT2D eigenvalue weighted by Crippen LogP contribution is -2.11. The Hall–Kier alpha value is -3.05. The molecule has 0 amide bonds. The van der Waals surface area contributed by atoms with E-state index in [2.05, 4.69) is 50.4 Å². The highest BCUT2D eigenvalue weighted by atomic mass is 35.5. The third kappa shape index (κ3) is 4.89. The van der Waals surface area contributed by atoms with Crippen molar-refractivity contribution < 1.29 is 9.13 Å². The van der Waals surface area contributed by atoms with E-state index in [4.69, 9.17) is 21.3 Å². The van der Waals surface area contributed by atoms with E-state index in [1.165, 1.54) is 11.1 Å². The third-order valence-electron chi connectivity index (χ3n) is 5.33. The molecule has 1 aromatic heterocycles. The molecule has 3 aromatic carbocycles. The quantitative estimate of drug-likeness (QED) is 0.331. The van der Waals surface area contributed by atoms with Crippen LogP contribution in [0.5, 0.6) is 5.75 Å². The molecule has 0 atom stereocenters. The molecule has 32 heavy (non-hydrogen) atoms. The number of anilines is 1. The fraction of sp³-hybridized carbons (Fsp3) is 0.269. The fourth-order valence-corrected chi connectivity index (χ4v) is 3.75. The minimum atomic E-state index is -0.517. The van der Waals surface area contributed by atoms with Gasteiger partial charge in [-0.1, -0.05) is 56.6 Å². The summed E-state index contributed by atoms with van der Waals surface area (Å²) in [5.74, 6) is 1.35. The number of fused-ring (bicyclic) bond motifs is 1. The zero-order valence-electron chi connectivity index (χ0n) is 18.5. The van der Waals surface area contributed by atoms with Gasteiger partial charge < -0.3 is 10.1 Å². The SMILES string of the molecule is CC(C)(C)c1ccc(CNc2nc3ccc(Cl)cc3n2-c2ccc(OCCF)cc2)cc1. The van der Waals surface area contributed by atoms with Crippen molar-refractivity contribution in [2.45, 2.75) is 32.7 Å². The van der Waals surface area contributed by atoms with E-state index in [0.29, 0.717) is 17.3 Å². The molecule has 0 saturated heterocycles. The average Bonchev–Trinajstić information content (AvgIpc) is 3.13. The van der Waals surface area contributed by atoms with Gasteiger partial charge >= 0.3 is 0 Å². The van der Waals surface area contributed by atoms with E-state index in [1.54, 1.807) is 0 Å². The van der Waals surface area contributed by atoms with Gasteiger partial charge in [0.05, 0.1) is 11.0 Å². The summed E-state index contributed by atoms with van der Waals surface area (Å²) < 4.78 is 19.8. The second-order valence-electron chi connectivity index (χ2n) is 8.74. The van der Waals surface area contributed by atoms with Gasteiger partial charge in [0.25, 0.3) is 0 Å². The van der Waals surface area contributed by atoms with E-state index in [0.717, 1.165) is 22.7 Å². The Labute approximate surface area is 193 Å². The van der Waals surface area contributed by atoms with Crippen LogP contribution >= 0.6 is 11.6 Å². The van der Waals surface area contributed by atoms with Gasteiger partial charge in [-0.3, -0.25) is 4.57 Å². The summed E-state index contributed by atoms with van der Waals surface area (Å²) in [7, 11) is 0. The van der Waals surface area contributed by atoms with Crippen LogP contribution in [0, 0.1) is 0 Å². The number of benzene rings is 3. The summed E-state index contributed by atoms with van der Waals surface area (Å²) in [5, 5.41) is 4.12. The molecule has 0 aliphatic heterocycles. The molecule has 0 spiro atoms. The van der Waals surface area contributed by atoms with Crippen molar-refractivity contribution in [1.29, 1.82) is 0 Å². The van der Waals surface area contributed by atoms with Crippen LogP contribution in [0.2, 0.25) is 5.02 Å². The van der Waals surface area contributed by atoms with Gasteiger partial charge in [0.2, 0.25) is 5.95 Å². The van der Waals surface area contributed by atoms with Gasteiger partial charge in [0.15, 0.2) is 0 Å². The van der Waals surface area contributed by atoms with Crippen molar-refractivity contribution in [3.63, 3.8) is 0 Å². The molecule has 166 valence electrons. The first-order chi connectivity index (χ1) is 15.3. The number of ether oxygens (including phenoxy) is 1. The van der Waals surface area contributed by atoms with Gasteiger partial charge in [-0.2, -0.15) is 0 Å². The van der Waals surface area contributed by atoms with Gasteiger partial charge in [0, 0.05) is 17.3 Å². The zero-order chi connectivity index (χ0) is 22.7. The third-order valence-corrected chi connectivity index (χ3v) is 5.56. The minimum absolute atomic E-state index is 0.0454. The molecule has 1 N–H and O–H groups in total. The molecule has 4 aromatic rings. The number of hydrogen-bond donors (Lipinski definition) is 1. The van der Waals surface area contributed by atoms with Crippen molar-refractivity contribution >= 4 is 28.6 Å². The molecule has 0 radical (unpaired) electrons. The lowest BCUT2D eigenvalue weighted by atomic mass is 9.87. The molecule has 0 saturated carbocycles. The lowest BCUT2D eigenvalue weighted by molar-refractivity contribution is 0.273. The number of imidazole rings is 1. The molecule has 0 aliphatic rings. The number of alkyl halides is 1. The van der Waals surface area contributed by atoms with Crippen molar-refractivity contribution in [2.24, 2.45) is 0 Å². The van der Waals surface area contributed by atoms with Crippen LogP contribution in [0.15, 0.2) is 66.7 Å². The van der Waals surface area contributed by atoms with Crippen molar-refractivity contribution in [1.82, 2.24) is 9.55 Å². The summed E-state index contributed by atoms with van der Waals surface area (Å²) in [4.78, 5) is 4.79. The van der Waals surface area contributed by atoms with Gasteiger partial charge in [-0.15, -0.1) is 0 Å². The Morgan fingerprint density at radius 2 is 1.72 bits per heavy atom. The highest BCUT2D eigenvalue weighted by Gasteiger charge is 2.15. The molecule has 0 fully saturated rings. The van der Waals surface area contributed by atoms with Crippen LogP contribution in [-0.2, 0) is 12.0 Å². The summed E-state index contributed by atoms with van der Waals surface area (Å²) in [6, 6.07) is 21.8. The van der Waals surface area contributed by atoms with Gasteiger partial charge in [-0.25, -0.2) is 9.37 Å². The van der Waals surface area contributed by atoms with E-state index in [1.807, 2.05) is 47.0 Å². The maximum absolute atomic E-state index is 12.4. The number of rotatable bonds is 7. The van der Waals surface area contributed by atoms with E-state index < -0.39 is 6.67 Å². The summed E-state index contributed by atoms with van der Waals surface area (Å²) in [6.45, 7) is 6.80. The lowest BCUT2D eigenvalue weighted by Gasteiger charge is -2.19. The van der Waals surface area contributed by atoms with E-state index in [9.17, 15) is 4.39 Å². The van der Waals surface area contributed by atoms with Crippen LogP contribution in [0.1, 0.15) is 31.9 Å². The second kappa shape index (κ2) is 9.21. The number of nitrogens with one attached hydrogen (secondary N) is 1. The van der Waals surface area contributed by atoms with Crippen LogP contribution in [0.4, 0.5) is 10.3 Å². The zero-order valence-corrected chi connectivity index (χ0v) is 19.3. The first-order valence-electron chi connectivity index (χ1n) is 10.7. The Morgan fingerprint density at radius 1 is 1.00 bits per heavy atom. The standard InChI is InChI=1S/C26H27ClFN3O/c1-26(2,3)19-6-4-18(5-7-19)17-29-25-30-23-13-8-20(27)16-24(23)31(25)21-9-11-22(12-10-21)32-15-14-28/h4-13,16H,14-15,17H2,1-3H3,(H,29,30). The van der Waals surface area contributed by atoms with Crippen LogP contribution in [-0.4, -0.2) is 22.8 Å². The summed E-state index contributed by atoms with van der Waals surface area (Å²) >= 11 is 6.28. The summed E-state index contributed by atoms with van der Waals surface area (Å²) in [6.07, 6.45) is 0. The predicted octanol–water partition coefficient (Wildman–Crippen LogP) is 6.94. The largest absolute Gasteiger partial charge is 0.491 e. The van der Waals surface area contributed by atoms with Crippen molar-refractivity contribution in [3.05, 3.63) is 82.9 Å². The molecule has 6 heteroatoms. The Morgan fingerprint density at radius 3 is 2.38 bits per heavy atom. The normalized spacial score (nSPS) is 11.7. The highest BCUT2D eigenvalue weighted by molar-refractivity contribution is 6.31. The Balaban J connectivity index is 1.64. The first-order valence-corrected chi connectivity index (χ1v) is 11.0.